The van der Waals surface area contributed by atoms with Gasteiger partial charge in [-0.05, 0) is 19.1 Å². The maximum absolute atomic E-state index is 13.7. The second-order valence-corrected chi connectivity index (χ2v) is 5.55. The summed E-state index contributed by atoms with van der Waals surface area (Å²) in [7, 11) is 1.43. The van der Waals surface area contributed by atoms with Gasteiger partial charge in [-0.1, -0.05) is 12.1 Å². The predicted molar refractivity (Wildman–Crippen MR) is 85.9 cm³/mol. The molecule has 0 aliphatic carbocycles. The van der Waals surface area contributed by atoms with Gasteiger partial charge in [-0.2, -0.15) is 0 Å². The lowest BCUT2D eigenvalue weighted by atomic mass is 10.1. The Morgan fingerprint density at radius 3 is 2.33 bits per heavy atom. The highest BCUT2D eigenvalue weighted by molar-refractivity contribution is 5.97. The number of halogens is 1. The van der Waals surface area contributed by atoms with Crippen LogP contribution < -0.4 is 10.6 Å². The Morgan fingerprint density at radius 2 is 1.75 bits per heavy atom. The molecule has 1 aromatic rings. The van der Waals surface area contributed by atoms with Gasteiger partial charge in [0.05, 0.1) is 11.6 Å². The van der Waals surface area contributed by atoms with Crippen LogP contribution in [-0.2, 0) is 4.79 Å². The molecule has 1 aliphatic heterocycles. The van der Waals surface area contributed by atoms with Crippen LogP contribution in [-0.4, -0.2) is 66.9 Å². The molecule has 130 valence electrons. The first-order valence-electron chi connectivity index (χ1n) is 7.74. The maximum Gasteiger partial charge on any atom is 0.321 e. The quantitative estimate of drug-likeness (QED) is 0.839. The van der Waals surface area contributed by atoms with Crippen LogP contribution in [0.1, 0.15) is 17.3 Å². The van der Waals surface area contributed by atoms with E-state index in [1.807, 2.05) is 4.90 Å². The fraction of sp³-hybridized carbons (Fsp3) is 0.438. The molecule has 4 amide bonds. The van der Waals surface area contributed by atoms with Crippen molar-refractivity contribution in [1.29, 1.82) is 0 Å². The molecule has 2 N–H and O–H groups in total. The number of benzene rings is 1. The second-order valence-electron chi connectivity index (χ2n) is 5.55. The lowest BCUT2D eigenvalue weighted by Gasteiger charge is -2.37. The van der Waals surface area contributed by atoms with Gasteiger partial charge in [-0.15, -0.1) is 0 Å². The van der Waals surface area contributed by atoms with Crippen molar-refractivity contribution in [3.8, 4) is 0 Å². The molecule has 24 heavy (non-hydrogen) atoms. The molecule has 0 aromatic heterocycles. The van der Waals surface area contributed by atoms with E-state index in [2.05, 4.69) is 10.6 Å². The van der Waals surface area contributed by atoms with Gasteiger partial charge >= 0.3 is 6.03 Å². The number of hydrogen-bond acceptors (Lipinski definition) is 4. The molecule has 0 bridgehead atoms. The van der Waals surface area contributed by atoms with Crippen LogP contribution in [0.25, 0.3) is 0 Å². The van der Waals surface area contributed by atoms with Crippen molar-refractivity contribution < 1.29 is 18.8 Å². The Balaban J connectivity index is 1.91. The summed E-state index contributed by atoms with van der Waals surface area (Å²) in [5.41, 5.74) is 0.0522. The first-order chi connectivity index (χ1) is 11.4. The van der Waals surface area contributed by atoms with Gasteiger partial charge in [0.15, 0.2) is 0 Å². The van der Waals surface area contributed by atoms with Crippen LogP contribution in [0.3, 0.4) is 0 Å². The average Bonchev–Trinajstić information content (AvgIpc) is 2.60. The van der Waals surface area contributed by atoms with Gasteiger partial charge in [0.2, 0.25) is 5.91 Å². The number of nitrogens with zero attached hydrogens (tertiary/aromatic N) is 2. The second kappa shape index (κ2) is 7.87. The summed E-state index contributed by atoms with van der Waals surface area (Å²) in [6, 6.07) is 4.83. The Labute approximate surface area is 139 Å². The van der Waals surface area contributed by atoms with Gasteiger partial charge < -0.3 is 10.2 Å². The molecule has 0 saturated carbocycles. The highest BCUT2D eigenvalue weighted by atomic mass is 19.1. The number of urea groups is 1. The van der Waals surface area contributed by atoms with Crippen LogP contribution in [0, 0.1) is 5.82 Å². The number of piperazine rings is 1. The Bertz CT molecular complexity index is 630. The van der Waals surface area contributed by atoms with Crippen LogP contribution >= 0.6 is 0 Å². The molecule has 1 saturated heterocycles. The zero-order valence-corrected chi connectivity index (χ0v) is 13.7. The van der Waals surface area contributed by atoms with Crippen molar-refractivity contribution in [3.63, 3.8) is 0 Å². The van der Waals surface area contributed by atoms with Crippen LogP contribution in [0.4, 0.5) is 9.18 Å². The predicted octanol–water partition coefficient (Wildman–Crippen LogP) is 0.428. The number of carbonyl (C=O) groups is 3. The Morgan fingerprint density at radius 1 is 1.12 bits per heavy atom. The number of rotatable bonds is 3. The molecule has 1 aliphatic rings. The fourth-order valence-electron chi connectivity index (χ4n) is 2.56. The zero-order chi connectivity index (χ0) is 17.7. The van der Waals surface area contributed by atoms with Gasteiger partial charge in [-0.3, -0.25) is 19.8 Å². The third-order valence-corrected chi connectivity index (χ3v) is 4.10. The summed E-state index contributed by atoms with van der Waals surface area (Å²) < 4.78 is 13.7. The molecule has 7 nitrogen and oxygen atoms in total. The Kier molecular flexibility index (Phi) is 5.86. The third-order valence-electron chi connectivity index (χ3n) is 4.10. The summed E-state index contributed by atoms with van der Waals surface area (Å²) in [6.45, 7) is 3.44. The number of imide groups is 1. The zero-order valence-electron chi connectivity index (χ0n) is 13.7. The van der Waals surface area contributed by atoms with E-state index < -0.39 is 23.8 Å². The SMILES string of the molecule is CNC(=O)NC(=O)[C@H](C)N1CCN(C(=O)c2ccccc2F)CC1. The average molecular weight is 336 g/mol. The van der Waals surface area contributed by atoms with Gasteiger partial charge in [0, 0.05) is 33.2 Å². The summed E-state index contributed by atoms with van der Waals surface area (Å²) in [5.74, 6) is -1.29. The minimum atomic E-state index is -0.555. The van der Waals surface area contributed by atoms with E-state index in [0.29, 0.717) is 26.2 Å². The molecule has 0 spiro atoms. The first-order valence-corrected chi connectivity index (χ1v) is 7.74. The number of nitrogens with one attached hydrogen (secondary N) is 2. The lowest BCUT2D eigenvalue weighted by Crippen LogP contribution is -2.56. The van der Waals surface area contributed by atoms with Crippen molar-refractivity contribution in [2.75, 3.05) is 33.2 Å². The highest BCUT2D eigenvalue weighted by Crippen LogP contribution is 2.13. The van der Waals surface area contributed by atoms with Crippen LogP contribution in [0.2, 0.25) is 0 Å². The van der Waals surface area contributed by atoms with E-state index in [1.165, 1.54) is 25.2 Å². The standard InChI is InChI=1S/C16H21FN4O3/c1-11(14(22)19-16(24)18-2)20-7-9-21(10-8-20)15(23)12-5-3-4-6-13(12)17/h3-6,11H,7-10H2,1-2H3,(H2,18,19,22,24)/t11-/m0/s1. The smallest absolute Gasteiger partial charge is 0.321 e. The van der Waals surface area contributed by atoms with Crippen molar-refractivity contribution in [2.45, 2.75) is 13.0 Å². The molecular weight excluding hydrogens is 315 g/mol. The normalized spacial score (nSPS) is 16.4. The molecule has 8 heteroatoms. The van der Waals surface area contributed by atoms with E-state index in [1.54, 1.807) is 17.9 Å². The van der Waals surface area contributed by atoms with Gasteiger partial charge in [-0.25, -0.2) is 9.18 Å². The number of carbonyl (C=O) groups excluding carboxylic acids is 3. The largest absolute Gasteiger partial charge is 0.341 e. The minimum Gasteiger partial charge on any atom is -0.341 e. The minimum absolute atomic E-state index is 0.0522. The van der Waals surface area contributed by atoms with E-state index in [9.17, 15) is 18.8 Å². The maximum atomic E-state index is 13.7. The van der Waals surface area contributed by atoms with Crippen molar-refractivity contribution >= 4 is 17.8 Å². The molecule has 1 aromatic carbocycles. The van der Waals surface area contributed by atoms with Crippen LogP contribution in [0.5, 0.6) is 0 Å². The Hall–Kier alpha value is -2.48. The fourth-order valence-corrected chi connectivity index (χ4v) is 2.56. The molecule has 1 atom stereocenters. The molecule has 2 rings (SSSR count). The molecule has 0 unspecified atom stereocenters. The summed E-state index contributed by atoms with van der Waals surface area (Å²) >= 11 is 0. The van der Waals surface area contributed by atoms with Crippen LogP contribution in [0.15, 0.2) is 24.3 Å². The van der Waals surface area contributed by atoms with E-state index in [-0.39, 0.29) is 11.5 Å². The van der Waals surface area contributed by atoms with Crippen molar-refractivity contribution in [1.82, 2.24) is 20.4 Å². The highest BCUT2D eigenvalue weighted by Gasteiger charge is 2.29. The van der Waals surface area contributed by atoms with E-state index in [0.717, 1.165) is 0 Å². The number of hydrogen-bond donors (Lipinski definition) is 2. The van der Waals surface area contributed by atoms with E-state index >= 15 is 0 Å². The monoisotopic (exact) mass is 336 g/mol. The molecule has 1 heterocycles. The van der Waals surface area contributed by atoms with Gasteiger partial charge in [0.1, 0.15) is 5.82 Å². The van der Waals surface area contributed by atoms with Crippen molar-refractivity contribution in [2.24, 2.45) is 0 Å². The molecule has 1 fully saturated rings. The number of amides is 4. The molecule has 0 radical (unpaired) electrons. The topological polar surface area (TPSA) is 81.8 Å². The van der Waals surface area contributed by atoms with E-state index in [4.69, 9.17) is 0 Å². The summed E-state index contributed by atoms with van der Waals surface area (Å²) in [5, 5.41) is 4.55. The first kappa shape index (κ1) is 17.9. The van der Waals surface area contributed by atoms with Crippen molar-refractivity contribution in [3.05, 3.63) is 35.6 Å². The summed E-state index contributed by atoms with van der Waals surface area (Å²) in [6.07, 6.45) is 0. The third kappa shape index (κ3) is 4.08. The molecular formula is C16H21FN4O3. The summed E-state index contributed by atoms with van der Waals surface area (Å²) in [4.78, 5) is 38.9. The van der Waals surface area contributed by atoms with Gasteiger partial charge in [0.25, 0.3) is 5.91 Å². The lowest BCUT2D eigenvalue weighted by molar-refractivity contribution is -0.125.